The predicted molar refractivity (Wildman–Crippen MR) is 145 cm³/mol. The summed E-state index contributed by atoms with van der Waals surface area (Å²) >= 11 is 2.08. The fourth-order valence-corrected chi connectivity index (χ4v) is 4.52. The average Bonchev–Trinajstić information content (AvgIpc) is 3.48. The average molecular weight is 646 g/mol. The number of nitrogens with zero attached hydrogens (tertiary/aromatic N) is 1. The van der Waals surface area contributed by atoms with Gasteiger partial charge in [0.25, 0.3) is 5.91 Å². The lowest BCUT2D eigenvalue weighted by Crippen LogP contribution is -2.30. The minimum absolute atomic E-state index is 0.0368. The third-order valence-electron chi connectivity index (χ3n) is 5.52. The summed E-state index contributed by atoms with van der Waals surface area (Å²) in [5.74, 6) is -1.18. The van der Waals surface area contributed by atoms with Crippen LogP contribution in [0.5, 0.6) is 11.5 Å². The van der Waals surface area contributed by atoms with E-state index < -0.39 is 23.9 Å². The molecular formula is C27H23IN2O9. The first-order valence-electron chi connectivity index (χ1n) is 11.6. The number of furan rings is 1. The number of benzene rings is 2. The van der Waals surface area contributed by atoms with Crippen molar-refractivity contribution in [2.24, 2.45) is 0 Å². The molecule has 11 nitrogen and oxygen atoms in total. The van der Waals surface area contributed by atoms with Gasteiger partial charge in [0.1, 0.15) is 18.1 Å². The smallest absolute Gasteiger partial charge is 0.373 e. The summed E-state index contributed by atoms with van der Waals surface area (Å²) in [6.07, 6.45) is 1.52. The lowest BCUT2D eigenvalue weighted by atomic mass is 10.1. The highest BCUT2D eigenvalue weighted by atomic mass is 127. The second-order valence-corrected chi connectivity index (χ2v) is 9.36. The van der Waals surface area contributed by atoms with Crippen molar-refractivity contribution in [1.82, 2.24) is 10.2 Å². The molecule has 2 heterocycles. The molecule has 202 valence electrons. The number of hydrogen-bond acceptors (Lipinski definition) is 8. The van der Waals surface area contributed by atoms with E-state index in [4.69, 9.17) is 13.9 Å². The minimum Gasteiger partial charge on any atom is -0.490 e. The van der Waals surface area contributed by atoms with Crippen LogP contribution in [0.1, 0.15) is 44.7 Å². The summed E-state index contributed by atoms with van der Waals surface area (Å²) in [5.41, 5.74) is 1.47. The third kappa shape index (κ3) is 6.39. The maximum atomic E-state index is 13.0. The van der Waals surface area contributed by atoms with E-state index in [0.29, 0.717) is 32.8 Å². The van der Waals surface area contributed by atoms with Gasteiger partial charge in [-0.05, 0) is 83.1 Å². The van der Waals surface area contributed by atoms with Gasteiger partial charge in [0.2, 0.25) is 5.76 Å². The van der Waals surface area contributed by atoms with Crippen LogP contribution in [0.15, 0.2) is 58.6 Å². The molecule has 0 aliphatic carbocycles. The molecule has 1 saturated heterocycles. The molecule has 4 rings (SSSR count). The van der Waals surface area contributed by atoms with Crippen molar-refractivity contribution in [2.75, 3.05) is 13.7 Å². The Kier molecular flexibility index (Phi) is 8.54. The maximum absolute atomic E-state index is 13.0. The van der Waals surface area contributed by atoms with Crippen molar-refractivity contribution >= 4 is 52.5 Å². The van der Waals surface area contributed by atoms with E-state index in [0.717, 1.165) is 4.90 Å². The standard InChI is InChI=1S/C27H23IN2O9/c1-3-37-22-12-16(10-19(28)23(22)38-14-15-5-4-6-17(9-15)25(32)33)11-20-24(31)30(27(35)29-20)13-18-7-8-21(39-18)26(34)36-2/h4-12H,3,13-14H2,1-2H3,(H,29,35)(H,32,33)/b20-11-. The van der Waals surface area contributed by atoms with E-state index >= 15 is 0 Å². The number of imide groups is 1. The molecule has 1 fully saturated rings. The van der Waals surface area contributed by atoms with Crippen molar-refractivity contribution < 1.29 is 42.9 Å². The van der Waals surface area contributed by atoms with Gasteiger partial charge < -0.3 is 29.1 Å². The van der Waals surface area contributed by atoms with Crippen LogP contribution >= 0.6 is 22.6 Å². The molecule has 3 amide bonds. The molecule has 3 aromatic rings. The number of esters is 1. The number of aromatic carboxylic acids is 1. The van der Waals surface area contributed by atoms with Crippen LogP contribution in [-0.2, 0) is 22.7 Å². The van der Waals surface area contributed by atoms with Gasteiger partial charge in [-0.3, -0.25) is 9.69 Å². The highest BCUT2D eigenvalue weighted by Gasteiger charge is 2.34. The number of methoxy groups -OCH3 is 1. The Morgan fingerprint density at radius 3 is 2.64 bits per heavy atom. The Morgan fingerprint density at radius 1 is 1.13 bits per heavy atom. The third-order valence-corrected chi connectivity index (χ3v) is 6.33. The largest absolute Gasteiger partial charge is 0.490 e. The number of carbonyl (C=O) groups excluding carboxylic acids is 3. The van der Waals surface area contributed by atoms with Gasteiger partial charge in [-0.15, -0.1) is 0 Å². The summed E-state index contributed by atoms with van der Waals surface area (Å²) < 4.78 is 22.4. The molecule has 1 aliphatic rings. The van der Waals surface area contributed by atoms with Crippen LogP contribution in [0.4, 0.5) is 4.79 Å². The first kappa shape index (κ1) is 27.7. The molecule has 1 aliphatic heterocycles. The van der Waals surface area contributed by atoms with Crippen LogP contribution in [0.2, 0.25) is 0 Å². The van der Waals surface area contributed by atoms with Gasteiger partial charge >= 0.3 is 18.0 Å². The highest BCUT2D eigenvalue weighted by Crippen LogP contribution is 2.36. The van der Waals surface area contributed by atoms with Crippen LogP contribution < -0.4 is 14.8 Å². The molecule has 2 aromatic carbocycles. The molecule has 0 bridgehead atoms. The number of amides is 3. The summed E-state index contributed by atoms with van der Waals surface area (Å²) in [6.45, 7) is 2.11. The van der Waals surface area contributed by atoms with E-state index in [9.17, 15) is 24.3 Å². The number of urea groups is 1. The summed E-state index contributed by atoms with van der Waals surface area (Å²) in [4.78, 5) is 49.3. The van der Waals surface area contributed by atoms with Crippen molar-refractivity contribution in [2.45, 2.75) is 20.1 Å². The molecule has 0 radical (unpaired) electrons. The van der Waals surface area contributed by atoms with Gasteiger partial charge in [0.05, 0.1) is 29.4 Å². The molecule has 1 aromatic heterocycles. The summed E-state index contributed by atoms with van der Waals surface area (Å²) in [7, 11) is 1.22. The van der Waals surface area contributed by atoms with Crippen LogP contribution in [-0.4, -0.2) is 47.6 Å². The highest BCUT2D eigenvalue weighted by molar-refractivity contribution is 14.1. The van der Waals surface area contributed by atoms with Crippen LogP contribution in [0, 0.1) is 3.57 Å². The SMILES string of the molecule is CCOc1cc(/C=C2\NC(=O)N(Cc3ccc(C(=O)OC)o3)C2=O)cc(I)c1OCc1cccc(C(=O)O)c1. The molecule has 12 heteroatoms. The molecule has 2 N–H and O–H groups in total. The van der Waals surface area contributed by atoms with Crippen LogP contribution in [0.25, 0.3) is 6.08 Å². The lowest BCUT2D eigenvalue weighted by molar-refractivity contribution is -0.123. The monoisotopic (exact) mass is 646 g/mol. The van der Waals surface area contributed by atoms with Gasteiger partial charge in [0, 0.05) is 0 Å². The number of rotatable bonds is 10. The zero-order valence-electron chi connectivity index (χ0n) is 20.9. The first-order chi connectivity index (χ1) is 18.7. The second kappa shape index (κ2) is 12.0. The van der Waals surface area contributed by atoms with Crippen molar-refractivity contribution in [3.8, 4) is 11.5 Å². The van der Waals surface area contributed by atoms with Gasteiger partial charge in [0.15, 0.2) is 11.5 Å². The molecule has 0 unspecified atom stereocenters. The molecule has 0 saturated carbocycles. The minimum atomic E-state index is -1.03. The number of nitrogens with one attached hydrogen (secondary N) is 1. The number of hydrogen-bond donors (Lipinski definition) is 2. The second-order valence-electron chi connectivity index (χ2n) is 8.19. The van der Waals surface area contributed by atoms with Crippen molar-refractivity contribution in [3.63, 3.8) is 0 Å². The van der Waals surface area contributed by atoms with E-state index in [1.165, 1.54) is 37.5 Å². The first-order valence-corrected chi connectivity index (χ1v) is 12.7. The Balaban J connectivity index is 1.53. The summed E-state index contributed by atoms with van der Waals surface area (Å²) in [6, 6.07) is 12.1. The number of ether oxygens (including phenoxy) is 3. The maximum Gasteiger partial charge on any atom is 0.373 e. The van der Waals surface area contributed by atoms with E-state index in [-0.39, 0.29) is 35.9 Å². The molecular weight excluding hydrogens is 623 g/mol. The fraction of sp³-hybridized carbons (Fsp3) is 0.185. The Labute approximate surface area is 236 Å². The number of halogens is 1. The van der Waals surface area contributed by atoms with Crippen LogP contribution in [0.3, 0.4) is 0 Å². The predicted octanol–water partition coefficient (Wildman–Crippen LogP) is 4.44. The van der Waals surface area contributed by atoms with Crippen molar-refractivity contribution in [3.05, 3.63) is 86.0 Å². The molecule has 0 spiro atoms. The molecule has 0 atom stereocenters. The number of carboxylic acids is 1. The zero-order valence-corrected chi connectivity index (χ0v) is 23.0. The number of carboxylic acid groups (broad SMARTS) is 1. The quantitative estimate of drug-likeness (QED) is 0.141. The van der Waals surface area contributed by atoms with E-state index in [1.54, 1.807) is 24.3 Å². The topological polar surface area (TPSA) is 145 Å². The number of carbonyl (C=O) groups is 4. The van der Waals surface area contributed by atoms with Gasteiger partial charge in [-0.25, -0.2) is 14.4 Å². The van der Waals surface area contributed by atoms with E-state index in [1.807, 2.05) is 6.92 Å². The summed E-state index contributed by atoms with van der Waals surface area (Å²) in [5, 5.41) is 11.8. The normalized spacial score (nSPS) is 13.9. The van der Waals surface area contributed by atoms with Gasteiger partial charge in [-0.2, -0.15) is 0 Å². The van der Waals surface area contributed by atoms with Gasteiger partial charge in [-0.1, -0.05) is 12.1 Å². The molecule has 39 heavy (non-hydrogen) atoms. The Morgan fingerprint density at radius 2 is 1.92 bits per heavy atom. The Hall–Kier alpha value is -4.33. The Bertz CT molecular complexity index is 1480. The zero-order chi connectivity index (χ0) is 28.1. The van der Waals surface area contributed by atoms with Crippen molar-refractivity contribution in [1.29, 1.82) is 0 Å². The lowest BCUT2D eigenvalue weighted by Gasteiger charge is -2.15. The van der Waals surface area contributed by atoms with E-state index in [2.05, 4.69) is 32.6 Å². The fourth-order valence-electron chi connectivity index (χ4n) is 3.73.